The van der Waals surface area contributed by atoms with E-state index in [1.807, 2.05) is 0 Å². The Morgan fingerprint density at radius 2 is 2.11 bits per heavy atom. The number of rotatable bonds is 0. The van der Waals surface area contributed by atoms with Crippen molar-refractivity contribution in [1.29, 1.82) is 0 Å². The van der Waals surface area contributed by atoms with Gasteiger partial charge in [0.15, 0.2) is 5.62 Å². The van der Waals surface area contributed by atoms with E-state index in [9.17, 15) is 0 Å². The van der Waals surface area contributed by atoms with Crippen LogP contribution in [0.15, 0.2) is 11.2 Å². The van der Waals surface area contributed by atoms with Gasteiger partial charge in [-0.3, -0.25) is 5.32 Å². The summed E-state index contributed by atoms with van der Waals surface area (Å²) in [6.45, 7) is 0. The van der Waals surface area contributed by atoms with E-state index in [1.165, 1.54) is 0 Å². The van der Waals surface area contributed by atoms with Gasteiger partial charge >= 0.3 is 0 Å². The Hall–Kier alpha value is 0.370. The van der Waals surface area contributed by atoms with Gasteiger partial charge in [-0.15, -0.1) is 11.6 Å². The van der Waals surface area contributed by atoms with Crippen LogP contribution in [-0.2, 0) is 0 Å². The molecule has 0 aromatic heterocycles. The maximum absolute atomic E-state index is 5.61. The Morgan fingerprint density at radius 1 is 1.44 bits per heavy atom. The molecule has 0 saturated heterocycles. The van der Waals surface area contributed by atoms with Crippen LogP contribution in [0.4, 0.5) is 0 Å². The van der Waals surface area contributed by atoms with E-state index in [4.69, 9.17) is 34.8 Å². The summed E-state index contributed by atoms with van der Waals surface area (Å²) in [7, 11) is 0. The lowest BCUT2D eigenvalue weighted by Gasteiger charge is -2.21. The van der Waals surface area contributed by atoms with Crippen LogP contribution in [0.5, 0.6) is 0 Å². The van der Waals surface area contributed by atoms with Crippen LogP contribution in [0, 0.1) is 0 Å². The molecule has 0 amide bonds. The molecule has 1 heterocycles. The first-order chi connectivity index (χ1) is 4.18. The van der Waals surface area contributed by atoms with Crippen LogP contribution in [-0.4, -0.2) is 11.1 Å². The molecule has 0 aromatic carbocycles. The molecule has 1 aliphatic heterocycles. The number of halogens is 3. The van der Waals surface area contributed by atoms with Crippen LogP contribution in [0.3, 0.4) is 0 Å². The number of hydrogen-bond acceptors (Lipinski definition) is 2. The maximum Gasteiger partial charge on any atom is 0.157 e. The molecule has 9 heavy (non-hydrogen) atoms. The van der Waals surface area contributed by atoms with Crippen molar-refractivity contribution in [1.82, 2.24) is 10.6 Å². The van der Waals surface area contributed by atoms with Gasteiger partial charge in [0.25, 0.3) is 0 Å². The molecule has 1 aliphatic rings. The third kappa shape index (κ3) is 2.22. The first-order valence-electron chi connectivity index (χ1n) is 2.36. The summed E-state index contributed by atoms with van der Waals surface area (Å²) in [6, 6.07) is 0. The average molecular weight is 187 g/mol. The molecule has 2 unspecified atom stereocenters. The van der Waals surface area contributed by atoms with E-state index in [1.54, 1.807) is 6.08 Å². The molecule has 2 nitrogen and oxygen atoms in total. The van der Waals surface area contributed by atoms with Crippen LogP contribution >= 0.6 is 34.8 Å². The van der Waals surface area contributed by atoms with Gasteiger partial charge in [0.05, 0.1) is 0 Å². The van der Waals surface area contributed by atoms with Crippen molar-refractivity contribution in [3.05, 3.63) is 11.2 Å². The molecule has 0 spiro atoms. The van der Waals surface area contributed by atoms with E-state index in [0.29, 0.717) is 5.16 Å². The normalized spacial score (nSPS) is 35.2. The molecule has 0 bridgehead atoms. The van der Waals surface area contributed by atoms with E-state index in [-0.39, 0.29) is 11.1 Å². The van der Waals surface area contributed by atoms with Crippen molar-refractivity contribution in [2.24, 2.45) is 0 Å². The highest BCUT2D eigenvalue weighted by Gasteiger charge is 2.14. The molecular formula is C4H5Cl3N2. The minimum atomic E-state index is -0.370. The van der Waals surface area contributed by atoms with Gasteiger partial charge in [0, 0.05) is 0 Å². The Labute approximate surface area is 68.1 Å². The van der Waals surface area contributed by atoms with Crippen LogP contribution in [0.25, 0.3) is 0 Å². The monoisotopic (exact) mass is 186 g/mol. The minimum absolute atomic E-state index is 0.277. The van der Waals surface area contributed by atoms with E-state index in [2.05, 4.69) is 10.6 Å². The van der Waals surface area contributed by atoms with Crippen molar-refractivity contribution >= 4 is 34.8 Å². The molecule has 5 heteroatoms. The first kappa shape index (κ1) is 7.48. The Balaban J connectivity index is 2.56. The summed E-state index contributed by atoms with van der Waals surface area (Å²) < 4.78 is 0. The third-order valence-electron chi connectivity index (χ3n) is 0.863. The molecule has 2 N–H and O–H groups in total. The van der Waals surface area contributed by atoms with Gasteiger partial charge in [-0.1, -0.05) is 23.2 Å². The zero-order chi connectivity index (χ0) is 6.85. The molecule has 0 fully saturated rings. The SMILES string of the molecule is ClC1=CC(Cl)NC(Cl)N1. The summed E-state index contributed by atoms with van der Waals surface area (Å²) in [5.74, 6) is 0. The summed E-state index contributed by atoms with van der Waals surface area (Å²) in [4.78, 5) is 0. The van der Waals surface area contributed by atoms with Crippen LogP contribution < -0.4 is 10.6 Å². The fraction of sp³-hybridized carbons (Fsp3) is 0.500. The van der Waals surface area contributed by atoms with Crippen molar-refractivity contribution in [3.8, 4) is 0 Å². The van der Waals surface area contributed by atoms with Crippen molar-refractivity contribution in [2.75, 3.05) is 0 Å². The fourth-order valence-corrected chi connectivity index (χ4v) is 1.45. The number of nitrogens with one attached hydrogen (secondary N) is 2. The predicted molar refractivity (Wildman–Crippen MR) is 39.5 cm³/mol. The van der Waals surface area contributed by atoms with Gasteiger partial charge in [-0.2, -0.15) is 0 Å². The quantitative estimate of drug-likeness (QED) is 0.442. The highest BCUT2D eigenvalue weighted by atomic mass is 35.5. The summed E-state index contributed by atoms with van der Waals surface area (Å²) in [6.07, 6.45) is 1.63. The van der Waals surface area contributed by atoms with Crippen LogP contribution in [0.1, 0.15) is 0 Å². The molecule has 52 valence electrons. The average Bonchev–Trinajstić information content (AvgIpc) is 1.59. The molecule has 0 aromatic rings. The standard InChI is InChI=1S/C4H5Cl3N2/c5-2-1-3(6)9-4(7)8-2/h1-2,4,8-9H. The zero-order valence-corrected chi connectivity index (χ0v) is 6.63. The summed E-state index contributed by atoms with van der Waals surface area (Å²) >= 11 is 16.7. The zero-order valence-electron chi connectivity index (χ0n) is 4.37. The number of hydrogen-bond donors (Lipinski definition) is 2. The van der Waals surface area contributed by atoms with Gasteiger partial charge in [-0.25, -0.2) is 0 Å². The summed E-state index contributed by atoms with van der Waals surface area (Å²) in [5.41, 5.74) is -0.647. The summed E-state index contributed by atoms with van der Waals surface area (Å²) in [5, 5.41) is 5.95. The van der Waals surface area contributed by atoms with Gasteiger partial charge in [0.2, 0.25) is 0 Å². The second-order valence-electron chi connectivity index (χ2n) is 1.59. The number of alkyl halides is 2. The topological polar surface area (TPSA) is 24.1 Å². The second-order valence-corrected chi connectivity index (χ2v) is 2.90. The fourth-order valence-electron chi connectivity index (χ4n) is 0.527. The minimum Gasteiger partial charge on any atom is -0.348 e. The second kappa shape index (κ2) is 2.97. The van der Waals surface area contributed by atoms with Crippen molar-refractivity contribution in [3.63, 3.8) is 0 Å². The van der Waals surface area contributed by atoms with E-state index in [0.717, 1.165) is 0 Å². The lowest BCUT2D eigenvalue weighted by atomic mass is 10.5. The highest BCUT2D eigenvalue weighted by molar-refractivity contribution is 6.32. The van der Waals surface area contributed by atoms with Gasteiger partial charge in [-0.05, 0) is 6.08 Å². The molecule has 2 atom stereocenters. The molecule has 1 rings (SSSR count). The molecule has 0 radical (unpaired) electrons. The Kier molecular flexibility index (Phi) is 2.47. The maximum atomic E-state index is 5.61. The van der Waals surface area contributed by atoms with Crippen molar-refractivity contribution < 1.29 is 0 Å². The Morgan fingerprint density at radius 3 is 2.56 bits per heavy atom. The first-order valence-corrected chi connectivity index (χ1v) is 3.61. The smallest absolute Gasteiger partial charge is 0.157 e. The third-order valence-corrected chi connectivity index (χ3v) is 1.58. The molecule has 0 aliphatic carbocycles. The largest absolute Gasteiger partial charge is 0.348 e. The Bertz CT molecular complexity index is 136. The lowest BCUT2D eigenvalue weighted by molar-refractivity contribution is 0.578. The van der Waals surface area contributed by atoms with Gasteiger partial charge < -0.3 is 5.32 Å². The lowest BCUT2D eigenvalue weighted by Crippen LogP contribution is -2.43. The predicted octanol–water partition coefficient (Wildman–Crippen LogP) is 1.35. The van der Waals surface area contributed by atoms with Crippen molar-refractivity contribution in [2.45, 2.75) is 11.1 Å². The van der Waals surface area contributed by atoms with Crippen LogP contribution in [0.2, 0.25) is 0 Å². The van der Waals surface area contributed by atoms with Gasteiger partial charge in [0.1, 0.15) is 10.7 Å². The van der Waals surface area contributed by atoms with E-state index >= 15 is 0 Å². The molecule has 0 saturated carbocycles. The highest BCUT2D eigenvalue weighted by Crippen LogP contribution is 2.10. The molecular weight excluding hydrogens is 182 g/mol. The van der Waals surface area contributed by atoms with E-state index < -0.39 is 0 Å².